The number of ether oxygens (including phenoxy) is 1. The molecule has 1 fully saturated rings. The van der Waals surface area contributed by atoms with Crippen LogP contribution in [0.2, 0.25) is 0 Å². The van der Waals surface area contributed by atoms with Crippen LogP contribution in [0, 0.1) is 5.92 Å². The first-order valence-corrected chi connectivity index (χ1v) is 11.2. The van der Waals surface area contributed by atoms with Crippen LogP contribution in [0.4, 0.5) is 18.9 Å². The highest BCUT2D eigenvalue weighted by molar-refractivity contribution is 8.00. The van der Waals surface area contributed by atoms with Crippen molar-refractivity contribution in [1.29, 1.82) is 0 Å². The van der Waals surface area contributed by atoms with Crippen LogP contribution in [-0.2, 0) is 12.8 Å². The molecule has 166 valence electrons. The first-order chi connectivity index (χ1) is 14.8. The lowest BCUT2D eigenvalue weighted by Gasteiger charge is -2.26. The maximum atomic E-state index is 13.0. The Morgan fingerprint density at radius 3 is 2.52 bits per heavy atom. The molecule has 4 nitrogen and oxygen atoms in total. The topological polar surface area (TPSA) is 50.4 Å². The zero-order chi connectivity index (χ0) is 22.0. The number of nitrogens with one attached hydrogen (secondary N) is 2. The molecule has 0 saturated carbocycles. The number of alkyl halides is 3. The van der Waals surface area contributed by atoms with Crippen LogP contribution in [0.5, 0.6) is 5.75 Å². The van der Waals surface area contributed by atoms with Gasteiger partial charge in [-0.1, -0.05) is 12.1 Å². The Morgan fingerprint density at radius 1 is 1.16 bits per heavy atom. The van der Waals surface area contributed by atoms with Crippen LogP contribution in [0.3, 0.4) is 0 Å². The Labute approximate surface area is 183 Å². The molecule has 8 heteroatoms. The highest BCUT2D eigenvalue weighted by Gasteiger charge is 2.33. The predicted molar refractivity (Wildman–Crippen MR) is 116 cm³/mol. The number of carbonyl (C=O) groups excluding carboxylic acids is 1. The molecule has 1 atom stereocenters. The number of methoxy groups -OCH3 is 1. The highest BCUT2D eigenvalue weighted by atomic mass is 32.2. The van der Waals surface area contributed by atoms with Crippen LogP contribution in [0.25, 0.3) is 0 Å². The number of thioether (sulfide) groups is 1. The number of halogens is 3. The zero-order valence-corrected chi connectivity index (χ0v) is 18.0. The van der Waals surface area contributed by atoms with Crippen molar-refractivity contribution >= 4 is 23.2 Å². The monoisotopic (exact) mass is 450 g/mol. The molecule has 31 heavy (non-hydrogen) atoms. The van der Waals surface area contributed by atoms with Crippen molar-refractivity contribution in [2.24, 2.45) is 5.92 Å². The molecule has 4 rings (SSSR count). The normalized spacial score (nSPS) is 19.4. The lowest BCUT2D eigenvalue weighted by atomic mass is 9.96. The minimum atomic E-state index is -4.30. The van der Waals surface area contributed by atoms with Gasteiger partial charge in [0.05, 0.1) is 12.8 Å². The molecule has 0 bridgehead atoms. The molecule has 1 heterocycles. The van der Waals surface area contributed by atoms with Gasteiger partial charge in [-0.2, -0.15) is 13.2 Å². The van der Waals surface area contributed by atoms with Crippen LogP contribution >= 0.6 is 11.8 Å². The number of hydrogen-bond acceptors (Lipinski definition) is 5. The molecule has 1 aliphatic carbocycles. The maximum absolute atomic E-state index is 13.0. The van der Waals surface area contributed by atoms with Gasteiger partial charge in [-0.3, -0.25) is 4.79 Å². The summed E-state index contributed by atoms with van der Waals surface area (Å²) in [4.78, 5) is 13.1. The van der Waals surface area contributed by atoms with Gasteiger partial charge in [0.1, 0.15) is 5.75 Å². The maximum Gasteiger partial charge on any atom is 0.446 e. The van der Waals surface area contributed by atoms with E-state index < -0.39 is 5.51 Å². The lowest BCUT2D eigenvalue weighted by Crippen LogP contribution is -2.35. The van der Waals surface area contributed by atoms with Crippen molar-refractivity contribution in [2.45, 2.75) is 42.1 Å². The summed E-state index contributed by atoms with van der Waals surface area (Å²) < 4.78 is 43.1. The van der Waals surface area contributed by atoms with Gasteiger partial charge < -0.3 is 15.4 Å². The van der Waals surface area contributed by atoms with Gasteiger partial charge >= 0.3 is 5.51 Å². The van der Waals surface area contributed by atoms with Crippen molar-refractivity contribution in [3.8, 4) is 5.75 Å². The standard InChI is InChI=1S/C23H25F3N2O2S/c1-30-21-13-19-15(12-20(21)28-17-6-8-27-9-7-17)11-16(22(19)29)10-14-2-4-18(5-3-14)31-23(24,25)26/h2-5,12-13,16-17,27-28H,6-11H2,1H3. The van der Waals surface area contributed by atoms with Gasteiger partial charge in [-0.05, 0) is 85.9 Å². The largest absolute Gasteiger partial charge is 0.495 e. The van der Waals surface area contributed by atoms with Crippen molar-refractivity contribution in [1.82, 2.24) is 5.32 Å². The average Bonchev–Trinajstić information content (AvgIpc) is 3.03. The fourth-order valence-corrected chi connectivity index (χ4v) is 4.88. The smallest absolute Gasteiger partial charge is 0.446 e. The fraction of sp³-hybridized carbons (Fsp3) is 0.435. The lowest BCUT2D eigenvalue weighted by molar-refractivity contribution is -0.0328. The van der Waals surface area contributed by atoms with Crippen LogP contribution in [0.1, 0.15) is 34.3 Å². The van der Waals surface area contributed by atoms with E-state index in [9.17, 15) is 18.0 Å². The Kier molecular flexibility index (Phi) is 6.48. The summed E-state index contributed by atoms with van der Waals surface area (Å²) in [5.41, 5.74) is -0.852. The second kappa shape index (κ2) is 9.12. The molecular formula is C23H25F3N2O2S. The van der Waals surface area contributed by atoms with Crippen molar-refractivity contribution in [3.63, 3.8) is 0 Å². The Balaban J connectivity index is 1.47. The predicted octanol–water partition coefficient (Wildman–Crippen LogP) is 5.07. The molecule has 2 aliphatic rings. The number of Topliss-reactive ketones (excluding diaryl/α,β-unsaturated/α-hetero) is 1. The van der Waals surface area contributed by atoms with Gasteiger partial charge in [-0.25, -0.2) is 0 Å². The summed E-state index contributed by atoms with van der Waals surface area (Å²) in [6.07, 6.45) is 3.19. The third-order valence-corrected chi connectivity index (χ3v) is 6.61. The summed E-state index contributed by atoms with van der Waals surface area (Å²) >= 11 is -0.129. The van der Waals surface area contributed by atoms with E-state index in [1.807, 2.05) is 12.1 Å². The molecule has 1 unspecified atom stereocenters. The van der Waals surface area contributed by atoms with Crippen LogP contribution in [0.15, 0.2) is 41.3 Å². The van der Waals surface area contributed by atoms with E-state index in [1.54, 1.807) is 19.2 Å². The second-order valence-electron chi connectivity index (χ2n) is 8.04. The molecule has 1 aliphatic heterocycles. The SMILES string of the molecule is COc1cc2c(cc1NC1CCNCC1)CC(Cc1ccc(SC(F)(F)F)cc1)C2=O. The average molecular weight is 451 g/mol. The van der Waals surface area contributed by atoms with Gasteiger partial charge in [0.15, 0.2) is 5.78 Å². The molecule has 0 radical (unpaired) electrons. The molecule has 0 spiro atoms. The number of rotatable bonds is 6. The third kappa shape index (κ3) is 5.36. The minimum Gasteiger partial charge on any atom is -0.495 e. The molecule has 1 saturated heterocycles. The number of anilines is 1. The molecule has 0 aromatic heterocycles. The van der Waals surface area contributed by atoms with Crippen molar-refractivity contribution in [2.75, 3.05) is 25.5 Å². The molecular weight excluding hydrogens is 425 g/mol. The van der Waals surface area contributed by atoms with E-state index in [0.717, 1.165) is 42.7 Å². The summed E-state index contributed by atoms with van der Waals surface area (Å²) in [7, 11) is 1.60. The number of benzene rings is 2. The zero-order valence-electron chi connectivity index (χ0n) is 17.2. The van der Waals surface area contributed by atoms with Crippen LogP contribution < -0.4 is 15.4 Å². The summed E-state index contributed by atoms with van der Waals surface area (Å²) in [5.74, 6) is 0.519. The van der Waals surface area contributed by atoms with Gasteiger partial charge in [-0.15, -0.1) is 0 Å². The molecule has 2 aromatic rings. The van der Waals surface area contributed by atoms with Gasteiger partial charge in [0.25, 0.3) is 0 Å². The van der Waals surface area contributed by atoms with Crippen molar-refractivity contribution < 1.29 is 22.7 Å². The van der Waals surface area contributed by atoms with Crippen molar-refractivity contribution in [3.05, 3.63) is 53.1 Å². The summed E-state index contributed by atoms with van der Waals surface area (Å²) in [6, 6.07) is 10.5. The van der Waals surface area contributed by atoms with E-state index in [1.165, 1.54) is 12.1 Å². The minimum absolute atomic E-state index is 0.0652. The Hall–Kier alpha value is -2.19. The highest BCUT2D eigenvalue weighted by Crippen LogP contribution is 2.39. The molecule has 2 aromatic carbocycles. The first-order valence-electron chi connectivity index (χ1n) is 10.4. The van der Waals surface area contributed by atoms with E-state index >= 15 is 0 Å². The van der Waals surface area contributed by atoms with Gasteiger partial charge in [0.2, 0.25) is 0 Å². The summed E-state index contributed by atoms with van der Waals surface area (Å²) in [6.45, 7) is 1.96. The number of hydrogen-bond donors (Lipinski definition) is 2. The Bertz CT molecular complexity index is 941. The Morgan fingerprint density at radius 2 is 1.87 bits per heavy atom. The first kappa shape index (κ1) is 22.0. The molecule has 2 N–H and O–H groups in total. The number of ketones is 1. The van der Waals surface area contributed by atoms with Gasteiger partial charge in [0, 0.05) is 22.4 Å². The van der Waals surface area contributed by atoms with E-state index in [4.69, 9.17) is 4.74 Å². The van der Waals surface area contributed by atoms with E-state index in [2.05, 4.69) is 10.6 Å². The number of fused-ring (bicyclic) bond motifs is 1. The summed E-state index contributed by atoms with van der Waals surface area (Å²) in [5, 5.41) is 6.91. The third-order valence-electron chi connectivity index (χ3n) is 5.87. The number of piperidine rings is 1. The molecule has 0 amide bonds. The van der Waals surface area contributed by atoms with Crippen LogP contribution in [-0.4, -0.2) is 37.5 Å². The van der Waals surface area contributed by atoms with E-state index in [0.29, 0.717) is 30.2 Å². The second-order valence-corrected chi connectivity index (χ2v) is 9.18. The fourth-order valence-electron chi connectivity index (χ4n) is 4.35. The quantitative estimate of drug-likeness (QED) is 0.602. The number of carbonyl (C=O) groups is 1. The van der Waals surface area contributed by atoms with E-state index in [-0.39, 0.29) is 28.4 Å².